The van der Waals surface area contributed by atoms with Crippen molar-refractivity contribution in [2.75, 3.05) is 0 Å². The Balaban J connectivity index is 3.87. The lowest BCUT2D eigenvalue weighted by Crippen LogP contribution is -2.28. The topological polar surface area (TPSA) is 74.6 Å². The number of aliphatic carboxylic acids is 2. The number of unbranched alkanes of at least 4 members (excludes halogenated alkanes) is 2. The van der Waals surface area contributed by atoms with E-state index in [1.54, 1.807) is 0 Å². The second-order valence-electron chi connectivity index (χ2n) is 5.25. The molecule has 16 heavy (non-hydrogen) atoms. The van der Waals surface area contributed by atoms with Crippen LogP contribution in [0.15, 0.2) is 0 Å². The number of carboxylic acids is 2. The predicted molar refractivity (Wildman–Crippen MR) is 61.3 cm³/mol. The summed E-state index contributed by atoms with van der Waals surface area (Å²) in [4.78, 5) is 21.3. The van der Waals surface area contributed by atoms with Crippen molar-refractivity contribution in [1.82, 2.24) is 0 Å². The normalized spacial score (nSPS) is 13.4. The van der Waals surface area contributed by atoms with Crippen LogP contribution in [0.2, 0.25) is 0 Å². The van der Waals surface area contributed by atoms with E-state index in [1.165, 1.54) is 0 Å². The van der Waals surface area contributed by atoms with Gasteiger partial charge < -0.3 is 10.2 Å². The second kappa shape index (κ2) is 6.51. The Morgan fingerprint density at radius 1 is 1.06 bits per heavy atom. The van der Waals surface area contributed by atoms with Gasteiger partial charge in [0.25, 0.3) is 0 Å². The minimum Gasteiger partial charge on any atom is -0.481 e. The molecule has 2 N–H and O–H groups in total. The lowest BCUT2D eigenvalue weighted by Gasteiger charge is -2.26. The molecule has 0 aromatic carbocycles. The van der Waals surface area contributed by atoms with Crippen LogP contribution in [0.5, 0.6) is 0 Å². The van der Waals surface area contributed by atoms with Crippen LogP contribution in [0.3, 0.4) is 0 Å². The van der Waals surface area contributed by atoms with Crippen LogP contribution in [0.4, 0.5) is 0 Å². The quantitative estimate of drug-likeness (QED) is 0.659. The first kappa shape index (κ1) is 14.9. The number of carbonyl (C=O) groups is 2. The first-order valence-corrected chi connectivity index (χ1v) is 5.69. The fraction of sp³-hybridized carbons (Fsp3) is 0.833. The van der Waals surface area contributed by atoms with Gasteiger partial charge in [-0.25, -0.2) is 0 Å². The molecule has 0 aromatic heterocycles. The molecule has 0 saturated carbocycles. The highest BCUT2D eigenvalue weighted by atomic mass is 16.4. The Morgan fingerprint density at radius 3 is 2.00 bits per heavy atom. The SMILES string of the molecule is CC(C)(C)C(CCCCCC(=O)O)C(=O)O. The van der Waals surface area contributed by atoms with Crippen LogP contribution in [0.25, 0.3) is 0 Å². The van der Waals surface area contributed by atoms with Crippen molar-refractivity contribution in [3.05, 3.63) is 0 Å². The largest absolute Gasteiger partial charge is 0.481 e. The van der Waals surface area contributed by atoms with Gasteiger partial charge in [-0.1, -0.05) is 33.6 Å². The molecule has 1 atom stereocenters. The highest BCUT2D eigenvalue weighted by molar-refractivity contribution is 5.70. The van der Waals surface area contributed by atoms with Crippen molar-refractivity contribution in [2.24, 2.45) is 11.3 Å². The Hall–Kier alpha value is -1.06. The fourth-order valence-electron chi connectivity index (χ4n) is 1.73. The molecule has 4 nitrogen and oxygen atoms in total. The van der Waals surface area contributed by atoms with Crippen molar-refractivity contribution in [3.63, 3.8) is 0 Å². The van der Waals surface area contributed by atoms with E-state index < -0.39 is 11.9 Å². The van der Waals surface area contributed by atoms with Crippen molar-refractivity contribution in [1.29, 1.82) is 0 Å². The summed E-state index contributed by atoms with van der Waals surface area (Å²) >= 11 is 0. The zero-order valence-corrected chi connectivity index (χ0v) is 10.3. The number of carboxylic acid groups (broad SMARTS) is 2. The van der Waals surface area contributed by atoms with E-state index in [0.717, 1.165) is 12.8 Å². The zero-order valence-electron chi connectivity index (χ0n) is 10.3. The van der Waals surface area contributed by atoms with Crippen molar-refractivity contribution in [2.45, 2.75) is 52.9 Å². The van der Waals surface area contributed by atoms with E-state index in [4.69, 9.17) is 10.2 Å². The number of hydrogen-bond acceptors (Lipinski definition) is 2. The maximum Gasteiger partial charge on any atom is 0.307 e. The van der Waals surface area contributed by atoms with E-state index in [9.17, 15) is 9.59 Å². The molecule has 0 aliphatic rings. The molecule has 0 fully saturated rings. The third-order valence-corrected chi connectivity index (χ3v) is 2.73. The average molecular weight is 230 g/mol. The molecule has 0 rings (SSSR count). The smallest absolute Gasteiger partial charge is 0.307 e. The molecule has 0 amide bonds. The van der Waals surface area contributed by atoms with Gasteiger partial charge in [0, 0.05) is 6.42 Å². The van der Waals surface area contributed by atoms with E-state index >= 15 is 0 Å². The van der Waals surface area contributed by atoms with Gasteiger partial charge in [0.15, 0.2) is 0 Å². The van der Waals surface area contributed by atoms with Gasteiger partial charge in [0.1, 0.15) is 0 Å². The molecule has 0 aromatic rings. The van der Waals surface area contributed by atoms with Gasteiger partial charge in [-0.2, -0.15) is 0 Å². The Labute approximate surface area is 96.7 Å². The number of rotatable bonds is 7. The Morgan fingerprint density at radius 2 is 1.62 bits per heavy atom. The molecule has 0 bridgehead atoms. The molecule has 1 unspecified atom stereocenters. The summed E-state index contributed by atoms with van der Waals surface area (Å²) in [7, 11) is 0. The van der Waals surface area contributed by atoms with Gasteiger partial charge >= 0.3 is 11.9 Å². The van der Waals surface area contributed by atoms with Crippen LogP contribution >= 0.6 is 0 Å². The monoisotopic (exact) mass is 230 g/mol. The summed E-state index contributed by atoms with van der Waals surface area (Å²) in [5, 5.41) is 17.5. The molecule has 0 heterocycles. The van der Waals surface area contributed by atoms with Gasteiger partial charge in [0.05, 0.1) is 5.92 Å². The lowest BCUT2D eigenvalue weighted by atomic mass is 9.78. The van der Waals surface area contributed by atoms with Crippen LogP contribution in [0.1, 0.15) is 52.9 Å². The van der Waals surface area contributed by atoms with Crippen LogP contribution in [-0.2, 0) is 9.59 Å². The van der Waals surface area contributed by atoms with Crippen LogP contribution in [-0.4, -0.2) is 22.2 Å². The molecule has 4 heteroatoms. The first-order chi connectivity index (χ1) is 7.25. The van der Waals surface area contributed by atoms with E-state index in [1.807, 2.05) is 20.8 Å². The Kier molecular flexibility index (Phi) is 6.08. The van der Waals surface area contributed by atoms with Gasteiger partial charge in [0.2, 0.25) is 0 Å². The zero-order chi connectivity index (χ0) is 12.8. The maximum atomic E-state index is 11.0. The molecular weight excluding hydrogens is 208 g/mol. The lowest BCUT2D eigenvalue weighted by molar-refractivity contribution is -0.146. The minimum absolute atomic E-state index is 0.174. The van der Waals surface area contributed by atoms with Gasteiger partial charge in [-0.3, -0.25) is 9.59 Å². The minimum atomic E-state index is -0.786. The summed E-state index contributed by atoms with van der Waals surface area (Å²) in [6.07, 6.45) is 2.99. The molecule has 0 aliphatic carbocycles. The fourth-order valence-corrected chi connectivity index (χ4v) is 1.73. The van der Waals surface area contributed by atoms with E-state index in [0.29, 0.717) is 12.8 Å². The van der Waals surface area contributed by atoms with Gasteiger partial charge in [-0.05, 0) is 18.3 Å². The Bertz CT molecular complexity index is 240. The summed E-state index contributed by atoms with van der Waals surface area (Å²) in [6.45, 7) is 5.76. The molecule has 0 radical (unpaired) electrons. The van der Waals surface area contributed by atoms with Crippen molar-refractivity contribution >= 4 is 11.9 Å². The maximum absolute atomic E-state index is 11.0. The third-order valence-electron chi connectivity index (χ3n) is 2.73. The molecule has 0 saturated heterocycles. The third kappa shape index (κ3) is 6.43. The highest BCUT2D eigenvalue weighted by Crippen LogP contribution is 2.30. The first-order valence-electron chi connectivity index (χ1n) is 5.69. The summed E-state index contributed by atoms with van der Waals surface area (Å²) < 4.78 is 0. The van der Waals surface area contributed by atoms with E-state index in [-0.39, 0.29) is 17.8 Å². The molecule has 94 valence electrons. The summed E-state index contributed by atoms with van der Waals surface area (Å²) in [6, 6.07) is 0. The second-order valence-corrected chi connectivity index (χ2v) is 5.25. The molecule has 0 spiro atoms. The van der Waals surface area contributed by atoms with Crippen LogP contribution < -0.4 is 0 Å². The summed E-state index contributed by atoms with van der Waals surface area (Å²) in [5.41, 5.74) is -0.237. The number of hydrogen-bond donors (Lipinski definition) is 2. The predicted octanol–water partition coefficient (Wildman–Crippen LogP) is 2.77. The molecule has 0 aliphatic heterocycles. The van der Waals surface area contributed by atoms with Crippen molar-refractivity contribution in [3.8, 4) is 0 Å². The highest BCUT2D eigenvalue weighted by Gasteiger charge is 2.30. The van der Waals surface area contributed by atoms with Gasteiger partial charge in [-0.15, -0.1) is 0 Å². The standard InChI is InChI=1S/C12H22O4/c1-12(2,3)9(11(15)16)7-5-4-6-8-10(13)14/h9H,4-8H2,1-3H3,(H,13,14)(H,15,16). The van der Waals surface area contributed by atoms with E-state index in [2.05, 4.69) is 0 Å². The van der Waals surface area contributed by atoms with Crippen LogP contribution in [0, 0.1) is 11.3 Å². The van der Waals surface area contributed by atoms with Crippen molar-refractivity contribution < 1.29 is 19.8 Å². The molecular formula is C12H22O4. The average Bonchev–Trinajstić information content (AvgIpc) is 2.07. The summed E-state index contributed by atoms with van der Waals surface area (Å²) in [5.74, 6) is -1.89.